The summed E-state index contributed by atoms with van der Waals surface area (Å²) in [7, 11) is 1.60. The Morgan fingerprint density at radius 1 is 1.11 bits per heavy atom. The number of ether oxygens (including phenoxy) is 2. The second-order valence-corrected chi connectivity index (χ2v) is 7.38. The largest absolute Gasteiger partial charge is 0.497 e. The van der Waals surface area contributed by atoms with Gasteiger partial charge in [-0.15, -0.1) is 11.8 Å². The quantitative estimate of drug-likeness (QED) is 0.690. The number of hydrogen-bond donors (Lipinski definition) is 1. The van der Waals surface area contributed by atoms with Crippen molar-refractivity contribution < 1.29 is 19.1 Å². The number of nitrogens with one attached hydrogen (secondary N) is 1. The van der Waals surface area contributed by atoms with E-state index in [-0.39, 0.29) is 24.7 Å². The number of thioether (sulfide) groups is 1. The van der Waals surface area contributed by atoms with Crippen LogP contribution in [0.3, 0.4) is 0 Å². The number of anilines is 1. The van der Waals surface area contributed by atoms with Crippen molar-refractivity contribution in [3.63, 3.8) is 0 Å². The van der Waals surface area contributed by atoms with Crippen molar-refractivity contribution in [2.24, 2.45) is 0 Å². The molecule has 148 valence electrons. The van der Waals surface area contributed by atoms with Gasteiger partial charge in [0.25, 0.3) is 0 Å². The van der Waals surface area contributed by atoms with E-state index in [1.165, 1.54) is 0 Å². The van der Waals surface area contributed by atoms with Gasteiger partial charge in [-0.05, 0) is 24.3 Å². The van der Waals surface area contributed by atoms with Gasteiger partial charge in [-0.1, -0.05) is 18.2 Å². The maximum Gasteiger partial charge on any atom is 0.227 e. The van der Waals surface area contributed by atoms with E-state index in [0.29, 0.717) is 25.4 Å². The molecule has 0 saturated heterocycles. The normalized spacial score (nSPS) is 12.8. The predicted molar refractivity (Wildman–Crippen MR) is 110 cm³/mol. The highest BCUT2D eigenvalue weighted by molar-refractivity contribution is 7.99. The first-order chi connectivity index (χ1) is 13.7. The maximum absolute atomic E-state index is 12.5. The average molecular weight is 401 g/mol. The zero-order valence-electron chi connectivity index (χ0n) is 15.8. The molecule has 1 heterocycles. The minimum Gasteiger partial charge on any atom is -0.497 e. The van der Waals surface area contributed by atoms with Crippen LogP contribution in [0.2, 0.25) is 0 Å². The highest BCUT2D eigenvalue weighted by Crippen LogP contribution is 2.34. The molecule has 0 fully saturated rings. The predicted octanol–water partition coefficient (Wildman–Crippen LogP) is 3.11. The molecule has 6 nitrogen and oxygen atoms in total. The Hall–Kier alpha value is -2.67. The zero-order valence-corrected chi connectivity index (χ0v) is 16.7. The summed E-state index contributed by atoms with van der Waals surface area (Å²) in [5.74, 6) is 2.11. The van der Waals surface area contributed by atoms with Crippen LogP contribution in [0.1, 0.15) is 12.8 Å². The number of amides is 2. The number of para-hydroxylation sites is 1. The number of nitrogens with zero attached hydrogens (tertiary/aromatic N) is 1. The summed E-state index contributed by atoms with van der Waals surface area (Å²) in [5, 5.41) is 2.79. The standard InChI is InChI=1S/C21H24N2O4S/c1-26-16-5-4-6-17(15-16)27-13-11-22-20(24)9-10-21(25)23-12-14-28-19-8-3-2-7-18(19)23/h2-8,15H,9-14H2,1H3,(H,22,24). The molecule has 0 aromatic heterocycles. The Morgan fingerprint density at radius 3 is 2.79 bits per heavy atom. The highest BCUT2D eigenvalue weighted by atomic mass is 32.2. The molecule has 0 radical (unpaired) electrons. The van der Waals surface area contributed by atoms with E-state index in [1.807, 2.05) is 42.5 Å². The monoisotopic (exact) mass is 400 g/mol. The fourth-order valence-electron chi connectivity index (χ4n) is 2.92. The fraction of sp³-hybridized carbons (Fsp3) is 0.333. The molecule has 2 aromatic rings. The van der Waals surface area contributed by atoms with Crippen LogP contribution in [0.25, 0.3) is 0 Å². The Morgan fingerprint density at radius 2 is 1.93 bits per heavy atom. The molecule has 0 unspecified atom stereocenters. The lowest BCUT2D eigenvalue weighted by Gasteiger charge is -2.29. The summed E-state index contributed by atoms with van der Waals surface area (Å²) in [6.45, 7) is 1.41. The van der Waals surface area contributed by atoms with Crippen molar-refractivity contribution in [3.05, 3.63) is 48.5 Å². The van der Waals surface area contributed by atoms with Gasteiger partial charge in [0.15, 0.2) is 0 Å². The zero-order chi connectivity index (χ0) is 19.8. The molecule has 1 aliphatic heterocycles. The van der Waals surface area contributed by atoms with Gasteiger partial charge in [0.05, 0.1) is 19.3 Å². The van der Waals surface area contributed by atoms with Crippen molar-refractivity contribution in [2.45, 2.75) is 17.7 Å². The number of carbonyl (C=O) groups excluding carboxylic acids is 2. The Bertz CT molecular complexity index is 828. The Balaban J connectivity index is 1.38. The molecule has 1 N–H and O–H groups in total. The summed E-state index contributed by atoms with van der Waals surface area (Å²) in [5.41, 5.74) is 0.941. The Labute approximate surface area is 169 Å². The van der Waals surface area contributed by atoms with Crippen LogP contribution in [-0.4, -0.2) is 44.4 Å². The van der Waals surface area contributed by atoms with Crippen molar-refractivity contribution in [2.75, 3.05) is 37.5 Å². The summed E-state index contributed by atoms with van der Waals surface area (Å²) in [6.07, 6.45) is 0.366. The maximum atomic E-state index is 12.5. The van der Waals surface area contributed by atoms with E-state index in [4.69, 9.17) is 9.47 Å². The van der Waals surface area contributed by atoms with E-state index < -0.39 is 0 Å². The lowest BCUT2D eigenvalue weighted by atomic mass is 10.2. The first kappa shape index (κ1) is 20.1. The van der Waals surface area contributed by atoms with Gasteiger partial charge >= 0.3 is 0 Å². The molecular weight excluding hydrogens is 376 g/mol. The summed E-state index contributed by atoms with van der Waals surface area (Å²) >= 11 is 1.75. The highest BCUT2D eigenvalue weighted by Gasteiger charge is 2.22. The van der Waals surface area contributed by atoms with Crippen LogP contribution in [0.4, 0.5) is 5.69 Å². The van der Waals surface area contributed by atoms with E-state index in [0.717, 1.165) is 22.1 Å². The molecular formula is C21H24N2O4S. The van der Waals surface area contributed by atoms with Crippen molar-refractivity contribution in [3.8, 4) is 11.5 Å². The molecule has 3 rings (SSSR count). The summed E-state index contributed by atoms with van der Waals surface area (Å²) in [6, 6.07) is 15.2. The molecule has 0 spiro atoms. The van der Waals surface area contributed by atoms with Crippen LogP contribution in [0.15, 0.2) is 53.4 Å². The number of rotatable bonds is 8. The third kappa shape index (κ3) is 5.42. The van der Waals surface area contributed by atoms with E-state index in [9.17, 15) is 9.59 Å². The average Bonchev–Trinajstić information content (AvgIpc) is 2.74. The molecule has 28 heavy (non-hydrogen) atoms. The summed E-state index contributed by atoms with van der Waals surface area (Å²) in [4.78, 5) is 27.5. The molecule has 1 aliphatic rings. The molecule has 7 heteroatoms. The van der Waals surface area contributed by atoms with Gasteiger partial charge in [-0.3, -0.25) is 9.59 Å². The van der Waals surface area contributed by atoms with E-state index in [2.05, 4.69) is 5.32 Å². The molecule has 0 atom stereocenters. The molecule has 0 bridgehead atoms. The minimum absolute atomic E-state index is 0.0180. The van der Waals surface area contributed by atoms with Gasteiger partial charge in [0.1, 0.15) is 18.1 Å². The van der Waals surface area contributed by atoms with Crippen LogP contribution in [-0.2, 0) is 9.59 Å². The van der Waals surface area contributed by atoms with Crippen LogP contribution in [0, 0.1) is 0 Å². The number of methoxy groups -OCH3 is 1. The van der Waals surface area contributed by atoms with Crippen LogP contribution in [0.5, 0.6) is 11.5 Å². The number of benzene rings is 2. The first-order valence-electron chi connectivity index (χ1n) is 9.23. The van der Waals surface area contributed by atoms with Gasteiger partial charge in [0, 0.05) is 36.1 Å². The fourth-order valence-corrected chi connectivity index (χ4v) is 3.92. The summed E-state index contributed by atoms with van der Waals surface area (Å²) < 4.78 is 10.7. The second kappa shape index (κ2) is 10.0. The number of fused-ring (bicyclic) bond motifs is 1. The number of hydrogen-bond acceptors (Lipinski definition) is 5. The van der Waals surface area contributed by atoms with E-state index in [1.54, 1.807) is 29.8 Å². The lowest BCUT2D eigenvalue weighted by Crippen LogP contribution is -2.36. The molecule has 0 saturated carbocycles. The minimum atomic E-state index is -0.151. The van der Waals surface area contributed by atoms with Gasteiger partial charge in [-0.2, -0.15) is 0 Å². The van der Waals surface area contributed by atoms with Gasteiger partial charge < -0.3 is 19.7 Å². The molecule has 0 aliphatic carbocycles. The molecule has 2 amide bonds. The smallest absolute Gasteiger partial charge is 0.227 e. The topological polar surface area (TPSA) is 67.9 Å². The third-order valence-electron chi connectivity index (χ3n) is 4.33. The van der Waals surface area contributed by atoms with Crippen molar-refractivity contribution >= 4 is 29.3 Å². The van der Waals surface area contributed by atoms with Gasteiger partial charge in [0.2, 0.25) is 11.8 Å². The Kier molecular flexibility index (Phi) is 7.19. The molecule has 2 aromatic carbocycles. The third-order valence-corrected chi connectivity index (χ3v) is 5.37. The van der Waals surface area contributed by atoms with Crippen LogP contribution >= 0.6 is 11.8 Å². The van der Waals surface area contributed by atoms with E-state index >= 15 is 0 Å². The first-order valence-corrected chi connectivity index (χ1v) is 10.2. The number of carbonyl (C=O) groups is 2. The van der Waals surface area contributed by atoms with Crippen LogP contribution < -0.4 is 19.7 Å². The van der Waals surface area contributed by atoms with Gasteiger partial charge in [-0.25, -0.2) is 0 Å². The second-order valence-electron chi connectivity index (χ2n) is 6.24. The lowest BCUT2D eigenvalue weighted by molar-refractivity contribution is -0.125. The SMILES string of the molecule is COc1cccc(OCCNC(=O)CCC(=O)N2CCSc3ccccc32)c1. The van der Waals surface area contributed by atoms with Crippen molar-refractivity contribution in [1.29, 1.82) is 0 Å². The van der Waals surface area contributed by atoms with Crippen molar-refractivity contribution in [1.82, 2.24) is 5.32 Å².